The summed E-state index contributed by atoms with van der Waals surface area (Å²) >= 11 is 0. The normalized spacial score (nSPS) is 12.0. The van der Waals surface area contributed by atoms with Crippen molar-refractivity contribution in [2.24, 2.45) is 7.05 Å². The highest BCUT2D eigenvalue weighted by Gasteiger charge is 2.24. The van der Waals surface area contributed by atoms with E-state index in [0.717, 1.165) is 22.6 Å². The lowest BCUT2D eigenvalue weighted by Gasteiger charge is -2.24. The van der Waals surface area contributed by atoms with Crippen LogP contribution in [0.1, 0.15) is 11.3 Å². The minimum absolute atomic E-state index is 0.101. The Hall–Kier alpha value is -3.90. The molecular weight excluding hydrogens is 461 g/mol. The number of hydrogen-bond acceptors (Lipinski definition) is 6. The molecule has 0 aliphatic carbocycles. The zero-order valence-corrected chi connectivity index (χ0v) is 20.0. The van der Waals surface area contributed by atoms with Crippen LogP contribution in [0.2, 0.25) is 0 Å². The van der Waals surface area contributed by atoms with Crippen molar-refractivity contribution in [3.8, 4) is 35.2 Å². The lowest BCUT2D eigenvalue weighted by atomic mass is 10.1. The molecule has 0 spiro atoms. The van der Waals surface area contributed by atoms with Gasteiger partial charge >= 0.3 is 0 Å². The summed E-state index contributed by atoms with van der Waals surface area (Å²) in [6.07, 6.45) is 6.08. The molecule has 2 aromatic heterocycles. The SMILES string of the molecule is C#CCOC[C@@H](O)CN(Cc1ccco1)Cc1c(-c2ccccc2)nn(C)c1Oc1cccc(F)c1. The molecule has 2 aromatic carbocycles. The van der Waals surface area contributed by atoms with Gasteiger partial charge in [0.05, 0.1) is 31.1 Å². The number of terminal acetylenes is 1. The van der Waals surface area contributed by atoms with E-state index in [2.05, 4.69) is 5.92 Å². The van der Waals surface area contributed by atoms with Crippen LogP contribution in [0, 0.1) is 18.2 Å². The van der Waals surface area contributed by atoms with Crippen LogP contribution in [0.3, 0.4) is 0 Å². The lowest BCUT2D eigenvalue weighted by molar-refractivity contribution is 0.0229. The smallest absolute Gasteiger partial charge is 0.222 e. The number of aryl methyl sites for hydroxylation is 1. The summed E-state index contributed by atoms with van der Waals surface area (Å²) in [4.78, 5) is 2.02. The molecular formula is C28H28FN3O4. The fourth-order valence-electron chi connectivity index (χ4n) is 3.93. The monoisotopic (exact) mass is 489 g/mol. The molecule has 1 atom stereocenters. The van der Waals surface area contributed by atoms with Gasteiger partial charge in [-0.1, -0.05) is 42.3 Å². The molecule has 0 aliphatic heterocycles. The van der Waals surface area contributed by atoms with Gasteiger partial charge in [0.1, 0.15) is 29.6 Å². The van der Waals surface area contributed by atoms with E-state index in [1.165, 1.54) is 12.1 Å². The molecule has 0 aliphatic rings. The number of aliphatic hydroxyl groups is 1. The quantitative estimate of drug-likeness (QED) is 0.231. The van der Waals surface area contributed by atoms with Crippen molar-refractivity contribution in [2.45, 2.75) is 19.2 Å². The number of benzene rings is 2. The summed E-state index contributed by atoms with van der Waals surface area (Å²) in [5, 5.41) is 15.3. The molecule has 1 N–H and O–H groups in total. The van der Waals surface area contributed by atoms with E-state index in [0.29, 0.717) is 24.7 Å². The van der Waals surface area contributed by atoms with Gasteiger partial charge in [-0.2, -0.15) is 5.10 Å². The first-order valence-electron chi connectivity index (χ1n) is 11.5. The van der Waals surface area contributed by atoms with E-state index in [1.54, 1.807) is 30.1 Å². The molecule has 4 rings (SSSR count). The highest BCUT2D eigenvalue weighted by Crippen LogP contribution is 2.34. The fraction of sp³-hybridized carbons (Fsp3) is 0.250. The van der Waals surface area contributed by atoms with Crippen molar-refractivity contribution in [1.82, 2.24) is 14.7 Å². The molecule has 0 unspecified atom stereocenters. The van der Waals surface area contributed by atoms with E-state index >= 15 is 0 Å². The van der Waals surface area contributed by atoms with E-state index in [4.69, 9.17) is 25.4 Å². The van der Waals surface area contributed by atoms with Gasteiger partial charge in [-0.25, -0.2) is 9.07 Å². The highest BCUT2D eigenvalue weighted by molar-refractivity contribution is 5.65. The van der Waals surface area contributed by atoms with Crippen LogP contribution in [-0.4, -0.2) is 45.6 Å². The third-order valence-corrected chi connectivity index (χ3v) is 5.45. The van der Waals surface area contributed by atoms with E-state index in [9.17, 15) is 9.50 Å². The standard InChI is InChI=1S/C28H28FN3O4/c1-3-14-34-20-23(33)17-32(18-25-13-8-15-35-25)19-26-27(21-9-5-4-6-10-21)30-31(2)28(26)36-24-12-7-11-22(29)16-24/h1,4-13,15-16,23,33H,14,17-20H2,2H3/t23-/m0/s1. The fourth-order valence-corrected chi connectivity index (χ4v) is 3.93. The third kappa shape index (κ3) is 6.61. The number of halogens is 1. The number of aromatic nitrogens is 2. The maximum atomic E-state index is 13.9. The lowest BCUT2D eigenvalue weighted by Crippen LogP contribution is -2.34. The Morgan fingerprint density at radius 3 is 2.69 bits per heavy atom. The van der Waals surface area contributed by atoms with Crippen molar-refractivity contribution in [3.63, 3.8) is 0 Å². The van der Waals surface area contributed by atoms with E-state index < -0.39 is 11.9 Å². The molecule has 0 amide bonds. The number of aliphatic hydroxyl groups excluding tert-OH is 1. The predicted molar refractivity (Wildman–Crippen MR) is 134 cm³/mol. The van der Waals surface area contributed by atoms with Crippen LogP contribution < -0.4 is 4.74 Å². The maximum Gasteiger partial charge on any atom is 0.222 e. The first-order chi connectivity index (χ1) is 17.5. The summed E-state index contributed by atoms with van der Waals surface area (Å²) in [5.41, 5.74) is 2.43. The van der Waals surface area contributed by atoms with Crippen LogP contribution in [0.15, 0.2) is 77.4 Å². The largest absolute Gasteiger partial charge is 0.468 e. The van der Waals surface area contributed by atoms with Gasteiger partial charge in [-0.05, 0) is 24.3 Å². The molecule has 0 saturated carbocycles. The number of nitrogens with zero attached hydrogens (tertiary/aromatic N) is 3. The highest BCUT2D eigenvalue weighted by atomic mass is 19.1. The van der Waals surface area contributed by atoms with Gasteiger partial charge in [0.15, 0.2) is 0 Å². The minimum Gasteiger partial charge on any atom is -0.468 e. The van der Waals surface area contributed by atoms with Crippen molar-refractivity contribution < 1.29 is 23.4 Å². The Labute approximate surface area is 209 Å². The van der Waals surface area contributed by atoms with Gasteiger partial charge in [-0.3, -0.25) is 4.90 Å². The first-order valence-corrected chi connectivity index (χ1v) is 11.5. The van der Waals surface area contributed by atoms with Gasteiger partial charge in [0.2, 0.25) is 5.88 Å². The molecule has 8 heteroatoms. The topological polar surface area (TPSA) is 72.9 Å². The van der Waals surface area contributed by atoms with Crippen molar-refractivity contribution in [1.29, 1.82) is 0 Å². The third-order valence-electron chi connectivity index (χ3n) is 5.45. The Morgan fingerprint density at radius 2 is 1.97 bits per heavy atom. The molecule has 2 heterocycles. The molecule has 4 aromatic rings. The number of ether oxygens (including phenoxy) is 2. The van der Waals surface area contributed by atoms with Crippen molar-refractivity contribution in [2.75, 3.05) is 19.8 Å². The van der Waals surface area contributed by atoms with Gasteiger partial charge in [0.25, 0.3) is 0 Å². The molecule has 0 saturated heterocycles. The summed E-state index contributed by atoms with van der Waals surface area (Å²) in [6, 6.07) is 19.4. The zero-order valence-electron chi connectivity index (χ0n) is 20.0. The molecule has 0 fully saturated rings. The molecule has 36 heavy (non-hydrogen) atoms. The molecule has 186 valence electrons. The van der Waals surface area contributed by atoms with Gasteiger partial charge < -0.3 is 19.0 Å². The average molecular weight is 490 g/mol. The van der Waals surface area contributed by atoms with Crippen LogP contribution >= 0.6 is 0 Å². The Kier molecular flexibility index (Phi) is 8.53. The second-order valence-electron chi connectivity index (χ2n) is 8.30. The number of rotatable bonds is 12. The average Bonchev–Trinajstić information content (AvgIpc) is 3.48. The summed E-state index contributed by atoms with van der Waals surface area (Å²) in [6.45, 7) is 1.32. The van der Waals surface area contributed by atoms with E-state index in [1.807, 2.05) is 47.4 Å². The van der Waals surface area contributed by atoms with Gasteiger partial charge in [-0.15, -0.1) is 6.42 Å². The number of hydrogen-bond donors (Lipinski definition) is 1. The van der Waals surface area contributed by atoms with Gasteiger partial charge in [0, 0.05) is 31.8 Å². The zero-order chi connectivity index (χ0) is 25.3. The predicted octanol–water partition coefficient (Wildman–Crippen LogP) is 4.62. The number of furan rings is 1. The van der Waals surface area contributed by atoms with Crippen LogP contribution in [0.4, 0.5) is 4.39 Å². The van der Waals surface area contributed by atoms with E-state index in [-0.39, 0.29) is 19.8 Å². The summed E-state index contributed by atoms with van der Waals surface area (Å²) < 4.78 is 32.5. The maximum absolute atomic E-state index is 13.9. The Bertz CT molecular complexity index is 1280. The minimum atomic E-state index is -0.780. The molecule has 0 bridgehead atoms. The Morgan fingerprint density at radius 1 is 1.14 bits per heavy atom. The Balaban J connectivity index is 1.68. The van der Waals surface area contributed by atoms with Crippen LogP contribution in [0.5, 0.6) is 11.6 Å². The van der Waals surface area contributed by atoms with Crippen molar-refractivity contribution >= 4 is 0 Å². The second-order valence-corrected chi connectivity index (χ2v) is 8.30. The van der Waals surface area contributed by atoms with Crippen molar-refractivity contribution in [3.05, 3.63) is 90.1 Å². The van der Waals surface area contributed by atoms with Crippen LogP contribution in [0.25, 0.3) is 11.3 Å². The summed E-state index contributed by atoms with van der Waals surface area (Å²) in [5.74, 6) is 3.58. The van der Waals surface area contributed by atoms with Crippen LogP contribution in [-0.2, 0) is 24.9 Å². The first kappa shape index (κ1) is 25.2. The summed E-state index contributed by atoms with van der Waals surface area (Å²) in [7, 11) is 1.78. The second kappa shape index (κ2) is 12.2. The molecule has 0 radical (unpaired) electrons. The molecule has 7 nitrogen and oxygen atoms in total.